The molecule has 0 bridgehead atoms. The molecule has 2 aromatic rings. The summed E-state index contributed by atoms with van der Waals surface area (Å²) in [7, 11) is 0. The van der Waals surface area contributed by atoms with Crippen molar-refractivity contribution in [2.45, 2.75) is 6.10 Å². The van der Waals surface area contributed by atoms with Gasteiger partial charge in [0.2, 0.25) is 5.95 Å². The van der Waals surface area contributed by atoms with E-state index in [0.717, 1.165) is 0 Å². The largest absolute Gasteiger partial charge is 0.384 e. The monoisotopic (exact) mass is 237 g/mol. The van der Waals surface area contributed by atoms with Gasteiger partial charge in [-0.15, -0.1) is 0 Å². The van der Waals surface area contributed by atoms with Crippen LogP contribution in [-0.2, 0) is 0 Å². The first-order chi connectivity index (χ1) is 7.68. The van der Waals surface area contributed by atoms with Gasteiger partial charge in [0.1, 0.15) is 11.3 Å². The second kappa shape index (κ2) is 4.60. The molecule has 0 aliphatic carbocycles. The molecule has 1 atom stereocenters. The zero-order valence-electron chi connectivity index (χ0n) is 8.27. The third-order valence-corrected chi connectivity index (χ3v) is 2.56. The lowest BCUT2D eigenvalue weighted by Gasteiger charge is -2.12. The molecule has 1 N–H and O–H groups in total. The highest BCUT2D eigenvalue weighted by atomic mass is 35.5. The number of hydrogen-bond acceptors (Lipinski definition) is 2. The van der Waals surface area contributed by atoms with Crippen molar-refractivity contribution >= 4 is 11.6 Å². The van der Waals surface area contributed by atoms with Gasteiger partial charge in [0.05, 0.1) is 0 Å². The van der Waals surface area contributed by atoms with E-state index < -0.39 is 12.1 Å². The van der Waals surface area contributed by atoms with Gasteiger partial charge in [0.25, 0.3) is 0 Å². The maximum Gasteiger partial charge on any atom is 0.214 e. The van der Waals surface area contributed by atoms with Crippen LogP contribution < -0.4 is 0 Å². The molecule has 0 fully saturated rings. The average molecular weight is 238 g/mol. The van der Waals surface area contributed by atoms with Crippen LogP contribution in [0.2, 0.25) is 5.15 Å². The van der Waals surface area contributed by atoms with E-state index in [1.807, 2.05) is 18.2 Å². The minimum Gasteiger partial charge on any atom is -0.384 e. The van der Waals surface area contributed by atoms with E-state index in [0.29, 0.717) is 11.1 Å². The minimum atomic E-state index is -0.887. The highest BCUT2D eigenvalue weighted by Gasteiger charge is 2.14. The van der Waals surface area contributed by atoms with Crippen LogP contribution in [0, 0.1) is 5.95 Å². The number of halogens is 2. The van der Waals surface area contributed by atoms with Crippen molar-refractivity contribution < 1.29 is 9.50 Å². The van der Waals surface area contributed by atoms with Crippen molar-refractivity contribution in [1.82, 2.24) is 4.98 Å². The Balaban J connectivity index is 2.38. The van der Waals surface area contributed by atoms with E-state index in [4.69, 9.17) is 11.6 Å². The molecule has 4 heteroatoms. The Kier molecular flexibility index (Phi) is 3.17. The second-order valence-electron chi connectivity index (χ2n) is 3.33. The van der Waals surface area contributed by atoms with Gasteiger partial charge < -0.3 is 5.11 Å². The summed E-state index contributed by atoms with van der Waals surface area (Å²) in [6.07, 6.45) is -0.887. The van der Waals surface area contributed by atoms with Gasteiger partial charge in [0, 0.05) is 5.56 Å². The molecule has 16 heavy (non-hydrogen) atoms. The van der Waals surface area contributed by atoms with E-state index in [1.165, 1.54) is 12.1 Å². The normalized spacial score (nSPS) is 12.4. The predicted octanol–water partition coefficient (Wildman–Crippen LogP) is 2.96. The Morgan fingerprint density at radius 3 is 2.44 bits per heavy atom. The Bertz CT molecular complexity index is 490. The molecule has 1 unspecified atom stereocenters. The summed E-state index contributed by atoms with van der Waals surface area (Å²) in [6, 6.07) is 11.6. The van der Waals surface area contributed by atoms with E-state index in [1.54, 1.807) is 12.1 Å². The van der Waals surface area contributed by atoms with Crippen LogP contribution in [0.5, 0.6) is 0 Å². The summed E-state index contributed by atoms with van der Waals surface area (Å²) in [5.74, 6) is -0.658. The molecule has 0 radical (unpaired) electrons. The Morgan fingerprint density at radius 2 is 1.81 bits per heavy atom. The van der Waals surface area contributed by atoms with Crippen LogP contribution in [0.15, 0.2) is 42.5 Å². The number of aliphatic hydroxyl groups excluding tert-OH is 1. The van der Waals surface area contributed by atoms with Crippen LogP contribution in [0.25, 0.3) is 0 Å². The molecule has 0 spiro atoms. The lowest BCUT2D eigenvalue weighted by atomic mass is 10.0. The first-order valence-electron chi connectivity index (χ1n) is 4.73. The van der Waals surface area contributed by atoms with E-state index >= 15 is 0 Å². The van der Waals surface area contributed by atoms with Crippen LogP contribution >= 0.6 is 11.6 Å². The summed E-state index contributed by atoms with van der Waals surface area (Å²) in [5, 5.41) is 10.00. The van der Waals surface area contributed by atoms with Gasteiger partial charge in [0.15, 0.2) is 0 Å². The number of benzene rings is 1. The summed E-state index contributed by atoms with van der Waals surface area (Å²) < 4.78 is 12.7. The van der Waals surface area contributed by atoms with Gasteiger partial charge in [-0.1, -0.05) is 41.9 Å². The molecule has 82 valence electrons. The van der Waals surface area contributed by atoms with E-state index in [-0.39, 0.29) is 5.15 Å². The first kappa shape index (κ1) is 11.0. The quantitative estimate of drug-likeness (QED) is 0.815. The van der Waals surface area contributed by atoms with Crippen LogP contribution in [-0.4, -0.2) is 10.1 Å². The molecule has 0 aliphatic heterocycles. The lowest BCUT2D eigenvalue weighted by molar-refractivity contribution is 0.219. The Hall–Kier alpha value is -1.45. The maximum atomic E-state index is 12.7. The van der Waals surface area contributed by atoms with Crippen LogP contribution in [0.3, 0.4) is 0 Å². The van der Waals surface area contributed by atoms with Crippen molar-refractivity contribution in [3.63, 3.8) is 0 Å². The smallest absolute Gasteiger partial charge is 0.214 e. The van der Waals surface area contributed by atoms with Crippen molar-refractivity contribution in [1.29, 1.82) is 0 Å². The predicted molar refractivity (Wildman–Crippen MR) is 59.7 cm³/mol. The average Bonchev–Trinajstić information content (AvgIpc) is 2.29. The summed E-state index contributed by atoms with van der Waals surface area (Å²) >= 11 is 5.76. The van der Waals surface area contributed by atoms with Gasteiger partial charge in [-0.25, -0.2) is 4.98 Å². The number of pyridine rings is 1. The molecule has 0 saturated heterocycles. The van der Waals surface area contributed by atoms with Gasteiger partial charge in [-0.2, -0.15) is 4.39 Å². The molecule has 1 aromatic heterocycles. The van der Waals surface area contributed by atoms with Crippen molar-refractivity contribution in [2.75, 3.05) is 0 Å². The number of hydrogen-bond donors (Lipinski definition) is 1. The standard InChI is InChI=1S/C12H9ClFNO/c13-12-9(6-7-10(14)15-12)11(16)8-4-2-1-3-5-8/h1-7,11,16H. The SMILES string of the molecule is OC(c1ccccc1)c1ccc(F)nc1Cl. The fourth-order valence-corrected chi connectivity index (χ4v) is 1.69. The number of aromatic nitrogens is 1. The lowest BCUT2D eigenvalue weighted by Crippen LogP contribution is -2.02. The van der Waals surface area contributed by atoms with Gasteiger partial charge in [-0.3, -0.25) is 0 Å². The van der Waals surface area contributed by atoms with Gasteiger partial charge >= 0.3 is 0 Å². The third-order valence-electron chi connectivity index (χ3n) is 2.25. The molecule has 0 amide bonds. The Labute approximate surface area is 97.3 Å². The highest BCUT2D eigenvalue weighted by Crippen LogP contribution is 2.26. The second-order valence-corrected chi connectivity index (χ2v) is 3.69. The van der Waals surface area contributed by atoms with E-state index in [9.17, 15) is 9.50 Å². The Morgan fingerprint density at radius 1 is 1.12 bits per heavy atom. The topological polar surface area (TPSA) is 33.1 Å². The zero-order chi connectivity index (χ0) is 11.5. The summed E-state index contributed by atoms with van der Waals surface area (Å²) in [4.78, 5) is 3.46. The third kappa shape index (κ3) is 2.21. The molecular formula is C12H9ClFNO. The molecule has 0 aliphatic rings. The number of nitrogens with zero attached hydrogens (tertiary/aromatic N) is 1. The summed E-state index contributed by atoms with van der Waals surface area (Å²) in [6.45, 7) is 0. The fourth-order valence-electron chi connectivity index (χ4n) is 1.44. The number of rotatable bonds is 2. The van der Waals surface area contributed by atoms with Crippen molar-refractivity contribution in [3.05, 3.63) is 64.7 Å². The highest BCUT2D eigenvalue weighted by molar-refractivity contribution is 6.30. The maximum absolute atomic E-state index is 12.7. The molecule has 2 rings (SSSR count). The van der Waals surface area contributed by atoms with Gasteiger partial charge in [-0.05, 0) is 17.7 Å². The van der Waals surface area contributed by atoms with E-state index in [2.05, 4.69) is 4.98 Å². The fraction of sp³-hybridized carbons (Fsp3) is 0.0833. The first-order valence-corrected chi connectivity index (χ1v) is 5.11. The molecular weight excluding hydrogens is 229 g/mol. The number of aliphatic hydroxyl groups is 1. The van der Waals surface area contributed by atoms with Crippen molar-refractivity contribution in [3.8, 4) is 0 Å². The van der Waals surface area contributed by atoms with Crippen molar-refractivity contribution in [2.24, 2.45) is 0 Å². The molecule has 1 aromatic carbocycles. The molecule has 2 nitrogen and oxygen atoms in total. The van der Waals surface area contributed by atoms with Crippen LogP contribution in [0.1, 0.15) is 17.2 Å². The van der Waals surface area contributed by atoms with Crippen LogP contribution in [0.4, 0.5) is 4.39 Å². The zero-order valence-corrected chi connectivity index (χ0v) is 9.03. The minimum absolute atomic E-state index is 0.0173. The molecule has 1 heterocycles. The summed E-state index contributed by atoms with van der Waals surface area (Å²) in [5.41, 5.74) is 1.09. The molecule has 0 saturated carbocycles.